The van der Waals surface area contributed by atoms with Crippen molar-refractivity contribution >= 4 is 23.5 Å². The van der Waals surface area contributed by atoms with Gasteiger partial charge in [-0.25, -0.2) is 9.18 Å². The molecule has 3 rings (SSSR count). The standard InChI is InChI=1S/C20H18FNO5/c21-15-4-8-17(9-5-15)26-12-1-13-27-20(25)14-2-6-16(7-3-14)22-18(23)10-11-19(22)24/h2-9H,1,10-13H2. The summed E-state index contributed by atoms with van der Waals surface area (Å²) < 4.78 is 23.4. The van der Waals surface area contributed by atoms with Crippen LogP contribution in [0.5, 0.6) is 5.75 Å². The Bertz CT molecular complexity index is 816. The largest absolute Gasteiger partial charge is 0.493 e. The Kier molecular flexibility index (Phi) is 5.80. The van der Waals surface area contributed by atoms with Gasteiger partial charge in [-0.3, -0.25) is 14.5 Å². The third-order valence-electron chi connectivity index (χ3n) is 4.02. The lowest BCUT2D eigenvalue weighted by Gasteiger charge is -2.14. The molecule has 2 amide bonds. The molecule has 0 N–H and O–H groups in total. The van der Waals surface area contributed by atoms with E-state index in [0.717, 1.165) is 4.90 Å². The second-order valence-corrected chi connectivity index (χ2v) is 5.96. The topological polar surface area (TPSA) is 72.9 Å². The summed E-state index contributed by atoms with van der Waals surface area (Å²) >= 11 is 0. The summed E-state index contributed by atoms with van der Waals surface area (Å²) in [5.41, 5.74) is 0.782. The Morgan fingerprint density at radius 1 is 0.926 bits per heavy atom. The number of carbonyl (C=O) groups excluding carboxylic acids is 3. The zero-order valence-electron chi connectivity index (χ0n) is 14.5. The molecule has 0 aromatic heterocycles. The highest BCUT2D eigenvalue weighted by molar-refractivity contribution is 6.19. The maximum atomic E-state index is 12.8. The fraction of sp³-hybridized carbons (Fsp3) is 0.250. The molecule has 0 bridgehead atoms. The average Bonchev–Trinajstić information content (AvgIpc) is 3.01. The van der Waals surface area contributed by atoms with Crippen LogP contribution in [0.3, 0.4) is 0 Å². The van der Waals surface area contributed by atoms with Crippen LogP contribution in [0.1, 0.15) is 29.6 Å². The van der Waals surface area contributed by atoms with Crippen LogP contribution in [0.25, 0.3) is 0 Å². The minimum atomic E-state index is -0.498. The summed E-state index contributed by atoms with van der Waals surface area (Å²) in [6.07, 6.45) is 0.906. The molecule has 1 heterocycles. The predicted molar refractivity (Wildman–Crippen MR) is 95.0 cm³/mol. The number of nitrogens with zero attached hydrogens (tertiary/aromatic N) is 1. The summed E-state index contributed by atoms with van der Waals surface area (Å²) in [4.78, 5) is 36.6. The van der Waals surface area contributed by atoms with Crippen molar-refractivity contribution in [2.24, 2.45) is 0 Å². The maximum Gasteiger partial charge on any atom is 0.338 e. The Morgan fingerprint density at radius 2 is 1.56 bits per heavy atom. The van der Waals surface area contributed by atoms with Gasteiger partial charge < -0.3 is 9.47 Å². The molecule has 1 aliphatic rings. The first-order valence-corrected chi connectivity index (χ1v) is 8.56. The van der Waals surface area contributed by atoms with Gasteiger partial charge in [-0.2, -0.15) is 0 Å². The van der Waals surface area contributed by atoms with Crippen molar-refractivity contribution in [3.05, 3.63) is 59.9 Å². The van der Waals surface area contributed by atoms with Crippen molar-refractivity contribution in [1.82, 2.24) is 0 Å². The van der Waals surface area contributed by atoms with E-state index in [2.05, 4.69) is 0 Å². The lowest BCUT2D eigenvalue weighted by atomic mass is 10.2. The van der Waals surface area contributed by atoms with Gasteiger partial charge >= 0.3 is 5.97 Å². The minimum absolute atomic E-state index is 0.172. The van der Waals surface area contributed by atoms with Crippen molar-refractivity contribution in [3.63, 3.8) is 0 Å². The van der Waals surface area contributed by atoms with Gasteiger partial charge in [-0.05, 0) is 48.5 Å². The van der Waals surface area contributed by atoms with Gasteiger partial charge in [0.15, 0.2) is 0 Å². The number of ether oxygens (including phenoxy) is 2. The Hall–Kier alpha value is -3.22. The number of rotatable bonds is 7. The Labute approximate surface area is 155 Å². The molecule has 2 aromatic rings. The number of anilines is 1. The fourth-order valence-electron chi connectivity index (χ4n) is 2.64. The zero-order valence-corrected chi connectivity index (χ0v) is 14.5. The molecule has 27 heavy (non-hydrogen) atoms. The Balaban J connectivity index is 1.43. The minimum Gasteiger partial charge on any atom is -0.493 e. The van der Waals surface area contributed by atoms with Gasteiger partial charge in [0.25, 0.3) is 0 Å². The number of carbonyl (C=O) groups is 3. The predicted octanol–water partition coefficient (Wildman–Crippen LogP) is 3.11. The van der Waals surface area contributed by atoms with E-state index >= 15 is 0 Å². The lowest BCUT2D eigenvalue weighted by molar-refractivity contribution is -0.121. The van der Waals surface area contributed by atoms with Crippen molar-refractivity contribution in [2.45, 2.75) is 19.3 Å². The van der Waals surface area contributed by atoms with Gasteiger partial charge in [-0.15, -0.1) is 0 Å². The van der Waals surface area contributed by atoms with Crippen molar-refractivity contribution in [1.29, 1.82) is 0 Å². The number of benzene rings is 2. The van der Waals surface area contributed by atoms with E-state index in [0.29, 0.717) is 30.0 Å². The molecular weight excluding hydrogens is 353 g/mol. The van der Waals surface area contributed by atoms with E-state index in [4.69, 9.17) is 9.47 Å². The Morgan fingerprint density at radius 3 is 2.19 bits per heavy atom. The number of esters is 1. The number of amides is 2. The normalized spacial score (nSPS) is 13.7. The average molecular weight is 371 g/mol. The van der Waals surface area contributed by atoms with E-state index in [1.807, 2.05) is 0 Å². The van der Waals surface area contributed by atoms with Gasteiger partial charge in [0.05, 0.1) is 24.5 Å². The van der Waals surface area contributed by atoms with Gasteiger partial charge in [0.2, 0.25) is 11.8 Å². The number of halogens is 1. The smallest absolute Gasteiger partial charge is 0.338 e. The fourth-order valence-corrected chi connectivity index (χ4v) is 2.64. The molecule has 0 saturated carbocycles. The van der Waals surface area contributed by atoms with Crippen molar-refractivity contribution in [2.75, 3.05) is 18.1 Å². The molecule has 2 aromatic carbocycles. The molecule has 1 aliphatic heterocycles. The summed E-state index contributed by atoms with van der Waals surface area (Å²) in [5, 5.41) is 0. The van der Waals surface area contributed by atoms with E-state index < -0.39 is 5.97 Å². The molecule has 0 atom stereocenters. The first kappa shape index (κ1) is 18.6. The molecule has 0 radical (unpaired) electrons. The van der Waals surface area contributed by atoms with E-state index in [1.54, 1.807) is 12.1 Å². The molecule has 7 heteroatoms. The molecule has 1 fully saturated rings. The van der Waals surface area contributed by atoms with Crippen molar-refractivity contribution in [3.8, 4) is 5.75 Å². The third-order valence-corrected chi connectivity index (χ3v) is 4.02. The first-order chi connectivity index (χ1) is 13.0. The molecule has 0 spiro atoms. The van der Waals surface area contributed by atoms with Crippen molar-refractivity contribution < 1.29 is 28.2 Å². The maximum absolute atomic E-state index is 12.8. The van der Waals surface area contributed by atoms with Crippen LogP contribution >= 0.6 is 0 Å². The van der Waals surface area contributed by atoms with Crippen LogP contribution in [-0.2, 0) is 14.3 Å². The van der Waals surface area contributed by atoms with Gasteiger partial charge in [0, 0.05) is 19.3 Å². The quantitative estimate of drug-likeness (QED) is 0.425. The summed E-state index contributed by atoms with van der Waals surface area (Å²) in [7, 11) is 0. The summed E-state index contributed by atoms with van der Waals surface area (Å²) in [6.45, 7) is 0.502. The van der Waals surface area contributed by atoms with Crippen LogP contribution < -0.4 is 9.64 Å². The molecule has 1 saturated heterocycles. The second kappa shape index (κ2) is 8.44. The number of hydrogen-bond donors (Lipinski definition) is 0. The van der Waals surface area contributed by atoms with Crippen LogP contribution in [-0.4, -0.2) is 31.0 Å². The van der Waals surface area contributed by atoms with Crippen LogP contribution in [0.15, 0.2) is 48.5 Å². The number of hydrogen-bond acceptors (Lipinski definition) is 5. The molecular formula is C20H18FNO5. The van der Waals surface area contributed by atoms with Gasteiger partial charge in [-0.1, -0.05) is 0 Å². The highest BCUT2D eigenvalue weighted by atomic mass is 19.1. The van der Waals surface area contributed by atoms with Gasteiger partial charge in [0.1, 0.15) is 11.6 Å². The summed E-state index contributed by atoms with van der Waals surface area (Å²) in [6, 6.07) is 11.8. The SMILES string of the molecule is O=C(OCCCOc1ccc(F)cc1)c1ccc(N2C(=O)CCC2=O)cc1. The molecule has 6 nitrogen and oxygen atoms in total. The van der Waals surface area contributed by atoms with E-state index in [-0.39, 0.29) is 37.1 Å². The van der Waals surface area contributed by atoms with Crippen LogP contribution in [0, 0.1) is 5.82 Å². The monoisotopic (exact) mass is 371 g/mol. The zero-order chi connectivity index (χ0) is 19.2. The van der Waals surface area contributed by atoms with Crippen LogP contribution in [0.2, 0.25) is 0 Å². The van der Waals surface area contributed by atoms with E-state index in [1.165, 1.54) is 36.4 Å². The van der Waals surface area contributed by atoms with Crippen LogP contribution in [0.4, 0.5) is 10.1 Å². The summed E-state index contributed by atoms with van der Waals surface area (Å²) in [5.74, 6) is -0.763. The first-order valence-electron chi connectivity index (χ1n) is 8.56. The number of imide groups is 1. The molecule has 0 aliphatic carbocycles. The highest BCUT2D eigenvalue weighted by Gasteiger charge is 2.30. The highest BCUT2D eigenvalue weighted by Crippen LogP contribution is 2.23. The molecule has 0 unspecified atom stereocenters. The lowest BCUT2D eigenvalue weighted by Crippen LogP contribution is -2.28. The van der Waals surface area contributed by atoms with E-state index in [9.17, 15) is 18.8 Å². The second-order valence-electron chi connectivity index (χ2n) is 5.96. The third kappa shape index (κ3) is 4.69. The molecule has 140 valence electrons.